The highest BCUT2D eigenvalue weighted by molar-refractivity contribution is 8.00. The summed E-state index contributed by atoms with van der Waals surface area (Å²) in [4.78, 5) is 36.7. The number of thioether (sulfide) groups is 1. The van der Waals surface area contributed by atoms with E-state index in [1.54, 1.807) is 28.9 Å². The number of fused-ring (bicyclic) bond motifs is 2. The second-order valence-corrected chi connectivity index (χ2v) is 10.5. The molecule has 0 radical (unpaired) electrons. The number of cyclic esters (lactones) is 1. The Kier molecular flexibility index (Phi) is 5.74. The summed E-state index contributed by atoms with van der Waals surface area (Å²) in [6.07, 6.45) is 6.09. The van der Waals surface area contributed by atoms with E-state index in [2.05, 4.69) is 9.97 Å². The van der Waals surface area contributed by atoms with Gasteiger partial charge in [0, 0.05) is 27.3 Å². The molecule has 0 aliphatic carbocycles. The van der Waals surface area contributed by atoms with Crippen LogP contribution in [0.2, 0.25) is 5.02 Å². The number of aromatic nitrogens is 3. The highest BCUT2D eigenvalue weighted by Crippen LogP contribution is 2.40. The molecule has 2 atom stereocenters. The van der Waals surface area contributed by atoms with Crippen LogP contribution in [0.1, 0.15) is 18.4 Å². The van der Waals surface area contributed by atoms with Gasteiger partial charge in [-0.15, -0.1) is 11.8 Å². The van der Waals surface area contributed by atoms with E-state index in [0.29, 0.717) is 41.4 Å². The number of carbonyl (C=O) groups is 1. The third-order valence-corrected chi connectivity index (χ3v) is 8.09. The SMILES string of the molecule is O=C1OC[C@@H]2C[C@@H](Sc3cc4c(=O)n(Cc5ccc(Cl)cc5)cnc4cc3-c3cnco3)CCN12. The molecule has 0 N–H and O–H groups in total. The second-order valence-electron chi connectivity index (χ2n) is 8.72. The summed E-state index contributed by atoms with van der Waals surface area (Å²) in [7, 11) is 0. The van der Waals surface area contributed by atoms with Crippen LogP contribution >= 0.6 is 23.4 Å². The second kappa shape index (κ2) is 9.05. The molecule has 6 rings (SSSR count). The molecule has 2 aromatic carbocycles. The first-order valence-electron chi connectivity index (χ1n) is 11.3. The topological polar surface area (TPSA) is 90.5 Å². The zero-order valence-electron chi connectivity index (χ0n) is 18.6. The van der Waals surface area contributed by atoms with Gasteiger partial charge < -0.3 is 14.1 Å². The lowest BCUT2D eigenvalue weighted by molar-refractivity contribution is 0.154. The summed E-state index contributed by atoms with van der Waals surface area (Å²) in [6.45, 7) is 1.50. The number of ether oxygens (including phenoxy) is 1. The minimum Gasteiger partial charge on any atom is -0.447 e. The maximum absolute atomic E-state index is 13.4. The van der Waals surface area contributed by atoms with Crippen LogP contribution in [0.15, 0.2) is 69.4 Å². The van der Waals surface area contributed by atoms with Crippen LogP contribution in [-0.4, -0.2) is 50.0 Å². The van der Waals surface area contributed by atoms with Gasteiger partial charge in [-0.2, -0.15) is 0 Å². The molecular formula is C25H21ClN4O4S. The maximum Gasteiger partial charge on any atom is 0.410 e. The molecule has 0 unspecified atom stereocenters. The molecule has 2 fully saturated rings. The Bertz CT molecular complexity index is 1460. The van der Waals surface area contributed by atoms with E-state index >= 15 is 0 Å². The first-order chi connectivity index (χ1) is 17.0. The zero-order chi connectivity index (χ0) is 23.9. The van der Waals surface area contributed by atoms with Gasteiger partial charge in [-0.25, -0.2) is 14.8 Å². The number of benzene rings is 2. The van der Waals surface area contributed by atoms with E-state index < -0.39 is 0 Å². The summed E-state index contributed by atoms with van der Waals surface area (Å²) >= 11 is 7.70. The number of piperidine rings is 1. The predicted octanol–water partition coefficient (Wildman–Crippen LogP) is 4.83. The van der Waals surface area contributed by atoms with Crippen LogP contribution in [0.4, 0.5) is 4.79 Å². The van der Waals surface area contributed by atoms with Gasteiger partial charge in [0.1, 0.15) is 6.61 Å². The van der Waals surface area contributed by atoms with Gasteiger partial charge in [0.25, 0.3) is 5.56 Å². The van der Waals surface area contributed by atoms with Gasteiger partial charge in [0.05, 0.1) is 36.0 Å². The number of oxazole rings is 1. The smallest absolute Gasteiger partial charge is 0.410 e. The molecule has 4 aromatic rings. The number of rotatable bonds is 5. The molecule has 4 heterocycles. The van der Waals surface area contributed by atoms with Crippen molar-refractivity contribution in [2.24, 2.45) is 0 Å². The van der Waals surface area contributed by atoms with E-state index in [-0.39, 0.29) is 22.9 Å². The molecule has 1 amide bonds. The quantitative estimate of drug-likeness (QED) is 0.381. The van der Waals surface area contributed by atoms with Crippen molar-refractivity contribution in [3.05, 3.63) is 76.3 Å². The largest absolute Gasteiger partial charge is 0.447 e. The fourth-order valence-electron chi connectivity index (χ4n) is 4.67. The molecule has 2 aromatic heterocycles. The molecule has 0 bridgehead atoms. The Labute approximate surface area is 209 Å². The Balaban J connectivity index is 1.36. The molecule has 0 saturated carbocycles. The van der Waals surface area contributed by atoms with Gasteiger partial charge in [-0.3, -0.25) is 9.36 Å². The van der Waals surface area contributed by atoms with Crippen molar-refractivity contribution >= 4 is 40.4 Å². The summed E-state index contributed by atoms with van der Waals surface area (Å²) in [5.41, 5.74) is 2.30. The van der Waals surface area contributed by atoms with Gasteiger partial charge in [0.2, 0.25) is 0 Å². The van der Waals surface area contributed by atoms with E-state index in [1.165, 1.54) is 6.39 Å². The number of nitrogens with zero attached hydrogens (tertiary/aromatic N) is 4. The number of hydrogen-bond acceptors (Lipinski definition) is 7. The number of halogens is 1. The van der Waals surface area contributed by atoms with Crippen molar-refractivity contribution in [1.82, 2.24) is 19.4 Å². The number of carbonyl (C=O) groups excluding carboxylic acids is 1. The van der Waals surface area contributed by atoms with Crippen LogP contribution in [0.25, 0.3) is 22.2 Å². The maximum atomic E-state index is 13.4. The number of amides is 1. The third kappa shape index (κ3) is 4.30. The van der Waals surface area contributed by atoms with E-state index in [0.717, 1.165) is 28.9 Å². The number of hydrogen-bond donors (Lipinski definition) is 0. The molecule has 2 saturated heterocycles. The summed E-state index contributed by atoms with van der Waals surface area (Å²) in [6, 6.07) is 11.3. The third-order valence-electron chi connectivity index (χ3n) is 6.48. The average Bonchev–Trinajstić information content (AvgIpc) is 3.53. The van der Waals surface area contributed by atoms with Crippen LogP contribution in [0, 0.1) is 0 Å². The fraction of sp³-hybridized carbons (Fsp3) is 0.280. The molecule has 8 nitrogen and oxygen atoms in total. The van der Waals surface area contributed by atoms with E-state index in [1.807, 2.05) is 41.3 Å². The highest BCUT2D eigenvalue weighted by atomic mass is 35.5. The van der Waals surface area contributed by atoms with Crippen molar-refractivity contribution in [3.8, 4) is 11.3 Å². The summed E-state index contributed by atoms with van der Waals surface area (Å²) in [5.74, 6) is 0.623. The molecule has 2 aliphatic heterocycles. The van der Waals surface area contributed by atoms with Gasteiger partial charge in [-0.05, 0) is 42.7 Å². The average molecular weight is 509 g/mol. The first-order valence-corrected chi connectivity index (χ1v) is 12.6. The summed E-state index contributed by atoms with van der Waals surface area (Å²) < 4.78 is 12.4. The predicted molar refractivity (Wildman–Crippen MR) is 133 cm³/mol. The molecular weight excluding hydrogens is 488 g/mol. The molecule has 178 valence electrons. The molecule has 35 heavy (non-hydrogen) atoms. The van der Waals surface area contributed by atoms with Crippen molar-refractivity contribution < 1.29 is 13.9 Å². The van der Waals surface area contributed by atoms with Crippen LogP contribution in [0.3, 0.4) is 0 Å². The van der Waals surface area contributed by atoms with Crippen molar-refractivity contribution in [2.45, 2.75) is 35.6 Å². The van der Waals surface area contributed by atoms with Crippen LogP contribution in [0.5, 0.6) is 0 Å². The van der Waals surface area contributed by atoms with E-state index in [4.69, 9.17) is 20.8 Å². The highest BCUT2D eigenvalue weighted by Gasteiger charge is 2.38. The minimum absolute atomic E-state index is 0.0983. The Morgan fingerprint density at radius 2 is 2.03 bits per heavy atom. The first kappa shape index (κ1) is 22.2. The Hall–Kier alpha value is -3.30. The van der Waals surface area contributed by atoms with E-state index in [9.17, 15) is 9.59 Å². The normalized spacial score (nSPS) is 19.7. The molecule has 10 heteroatoms. The van der Waals surface area contributed by atoms with Crippen molar-refractivity contribution in [3.63, 3.8) is 0 Å². The van der Waals surface area contributed by atoms with Crippen LogP contribution in [-0.2, 0) is 11.3 Å². The monoisotopic (exact) mass is 508 g/mol. The zero-order valence-corrected chi connectivity index (χ0v) is 20.2. The van der Waals surface area contributed by atoms with Crippen LogP contribution < -0.4 is 5.56 Å². The lowest BCUT2D eigenvalue weighted by Crippen LogP contribution is -2.41. The van der Waals surface area contributed by atoms with Gasteiger partial charge >= 0.3 is 6.09 Å². The lowest BCUT2D eigenvalue weighted by Gasteiger charge is -2.32. The summed E-state index contributed by atoms with van der Waals surface area (Å²) in [5, 5.41) is 1.47. The standard InChI is InChI=1S/C25H21ClN4O4S/c26-16-3-1-15(2-4-16)11-29-13-28-21-8-20(22-10-27-14-34-22)23(9-19(21)24(29)31)35-18-5-6-30-17(7-18)12-33-25(30)32/h1-4,8-10,13-14,17-18H,5-7,11-12H2/t17-,18-/m0/s1. The Morgan fingerprint density at radius 3 is 2.83 bits per heavy atom. The van der Waals surface area contributed by atoms with Gasteiger partial charge in [0.15, 0.2) is 12.2 Å². The van der Waals surface area contributed by atoms with Gasteiger partial charge in [-0.1, -0.05) is 23.7 Å². The van der Waals surface area contributed by atoms with Crippen molar-refractivity contribution in [2.75, 3.05) is 13.2 Å². The minimum atomic E-state index is -0.223. The Morgan fingerprint density at radius 1 is 1.17 bits per heavy atom. The fourth-order valence-corrected chi connectivity index (χ4v) is 6.17. The van der Waals surface area contributed by atoms with Crippen molar-refractivity contribution in [1.29, 1.82) is 0 Å². The lowest BCUT2D eigenvalue weighted by atomic mass is 10.0. The molecule has 0 spiro atoms. The molecule has 2 aliphatic rings.